The minimum atomic E-state index is -0.834. The van der Waals surface area contributed by atoms with Gasteiger partial charge in [-0.05, 0) is 6.92 Å². The monoisotopic (exact) mass is 254 g/mol. The molecule has 0 N–H and O–H groups in total. The van der Waals surface area contributed by atoms with Gasteiger partial charge in [-0.3, -0.25) is 9.59 Å². The fourth-order valence-electron chi connectivity index (χ4n) is 2.22. The van der Waals surface area contributed by atoms with Crippen LogP contribution in [0, 0.1) is 5.92 Å². The quantitative estimate of drug-likeness (QED) is 0.747. The molecule has 0 fully saturated rings. The summed E-state index contributed by atoms with van der Waals surface area (Å²) in [5.74, 6) is -1.25. The van der Waals surface area contributed by atoms with E-state index in [1.165, 1.54) is 24.3 Å². The summed E-state index contributed by atoms with van der Waals surface area (Å²) in [6.45, 7) is 1.40. The van der Waals surface area contributed by atoms with Crippen LogP contribution in [-0.4, -0.2) is 32.2 Å². The summed E-state index contributed by atoms with van der Waals surface area (Å²) >= 11 is 0. The molecule has 0 aliphatic heterocycles. The molecule has 1 aromatic carbocycles. The van der Waals surface area contributed by atoms with Crippen LogP contribution in [0.4, 0.5) is 0 Å². The Hall–Kier alpha value is -2.63. The van der Waals surface area contributed by atoms with E-state index in [2.05, 4.69) is 15.3 Å². The first-order valence-corrected chi connectivity index (χ1v) is 5.76. The Labute approximate surface area is 108 Å². The predicted octanol–water partition coefficient (Wildman–Crippen LogP) is 0.932. The molecule has 1 aliphatic carbocycles. The summed E-state index contributed by atoms with van der Waals surface area (Å²) < 4.78 is 1.39. The molecule has 1 atom stereocenters. The van der Waals surface area contributed by atoms with Gasteiger partial charge in [-0.15, -0.1) is 10.2 Å². The van der Waals surface area contributed by atoms with E-state index in [1.54, 1.807) is 18.2 Å². The third-order valence-electron chi connectivity index (χ3n) is 3.04. The zero-order valence-corrected chi connectivity index (χ0v) is 10.1. The molecule has 1 aliphatic rings. The van der Waals surface area contributed by atoms with Crippen LogP contribution < -0.4 is 0 Å². The van der Waals surface area contributed by atoms with Crippen molar-refractivity contribution >= 4 is 17.3 Å². The van der Waals surface area contributed by atoms with Crippen molar-refractivity contribution in [3.05, 3.63) is 48.0 Å². The van der Waals surface area contributed by atoms with Gasteiger partial charge < -0.3 is 0 Å². The lowest BCUT2D eigenvalue weighted by atomic mass is 9.99. The van der Waals surface area contributed by atoms with Crippen molar-refractivity contribution < 1.29 is 9.59 Å². The van der Waals surface area contributed by atoms with Gasteiger partial charge in [0.05, 0.1) is 5.71 Å². The lowest BCUT2D eigenvalue weighted by molar-refractivity contribution is -0.117. The molecule has 19 heavy (non-hydrogen) atoms. The third kappa shape index (κ3) is 1.77. The molecule has 6 nitrogen and oxygen atoms in total. The van der Waals surface area contributed by atoms with Crippen LogP contribution in [0.2, 0.25) is 0 Å². The average molecular weight is 254 g/mol. The number of carbonyl (C=O) groups is 2. The molecule has 1 heterocycles. The molecule has 3 rings (SSSR count). The van der Waals surface area contributed by atoms with Crippen LogP contribution in [0.25, 0.3) is 0 Å². The van der Waals surface area contributed by atoms with Crippen LogP contribution >= 0.6 is 0 Å². The smallest absolute Gasteiger partial charge is 0.180 e. The molecule has 0 unspecified atom stereocenters. The maximum Gasteiger partial charge on any atom is 0.180 e. The van der Waals surface area contributed by atoms with Crippen LogP contribution in [0.15, 0.2) is 42.0 Å². The van der Waals surface area contributed by atoms with E-state index in [4.69, 9.17) is 0 Å². The Balaban J connectivity index is 2.20. The SMILES string of the molecule is CC(=O)[C@H]1C(=O)c2ccccc2/C1=N/n1cnnc1. The first-order valence-electron chi connectivity index (χ1n) is 5.76. The van der Waals surface area contributed by atoms with E-state index in [-0.39, 0.29) is 11.6 Å². The molecule has 0 bridgehead atoms. The number of benzene rings is 1. The highest BCUT2D eigenvalue weighted by molar-refractivity contribution is 6.36. The summed E-state index contributed by atoms with van der Waals surface area (Å²) in [5, 5.41) is 11.6. The van der Waals surface area contributed by atoms with Gasteiger partial charge in [0.15, 0.2) is 5.78 Å². The zero-order chi connectivity index (χ0) is 13.4. The molecule has 6 heteroatoms. The minimum Gasteiger partial charge on any atom is -0.299 e. The molecule has 1 aromatic heterocycles. The summed E-state index contributed by atoms with van der Waals surface area (Å²) in [4.78, 5) is 24.0. The zero-order valence-electron chi connectivity index (χ0n) is 10.1. The Morgan fingerprint density at radius 3 is 2.47 bits per heavy atom. The molecule has 0 saturated heterocycles. The number of hydrogen-bond acceptors (Lipinski definition) is 5. The fourth-order valence-corrected chi connectivity index (χ4v) is 2.22. The maximum atomic E-state index is 12.2. The predicted molar refractivity (Wildman–Crippen MR) is 66.9 cm³/mol. The van der Waals surface area contributed by atoms with Crippen molar-refractivity contribution in [1.29, 1.82) is 0 Å². The van der Waals surface area contributed by atoms with Crippen LogP contribution in [0.3, 0.4) is 0 Å². The molecule has 0 spiro atoms. The van der Waals surface area contributed by atoms with E-state index >= 15 is 0 Å². The molecular formula is C13H10N4O2. The fraction of sp³-hybridized carbons (Fsp3) is 0.154. The highest BCUT2D eigenvalue weighted by Crippen LogP contribution is 2.28. The Bertz CT molecular complexity index is 688. The van der Waals surface area contributed by atoms with E-state index in [1.807, 2.05) is 6.07 Å². The number of aromatic nitrogens is 3. The third-order valence-corrected chi connectivity index (χ3v) is 3.04. The molecule has 0 radical (unpaired) electrons. The second-order valence-electron chi connectivity index (χ2n) is 4.28. The van der Waals surface area contributed by atoms with Gasteiger partial charge in [-0.1, -0.05) is 24.3 Å². The van der Waals surface area contributed by atoms with Gasteiger partial charge in [0.1, 0.15) is 24.4 Å². The summed E-state index contributed by atoms with van der Waals surface area (Å²) in [6.07, 6.45) is 2.82. The largest absolute Gasteiger partial charge is 0.299 e. The van der Waals surface area contributed by atoms with Gasteiger partial charge in [0, 0.05) is 11.1 Å². The molecule has 2 aromatic rings. The van der Waals surface area contributed by atoms with Crippen LogP contribution in [0.1, 0.15) is 22.8 Å². The molecular weight excluding hydrogens is 244 g/mol. The van der Waals surface area contributed by atoms with E-state index in [0.717, 1.165) is 0 Å². The number of Topliss-reactive ketones (excluding diaryl/α,β-unsaturated/α-hetero) is 2. The highest BCUT2D eigenvalue weighted by Gasteiger charge is 2.39. The number of fused-ring (bicyclic) bond motifs is 1. The second-order valence-corrected chi connectivity index (χ2v) is 4.28. The Kier molecular flexibility index (Phi) is 2.56. The number of hydrogen-bond donors (Lipinski definition) is 0. The molecule has 94 valence electrons. The topological polar surface area (TPSA) is 77.2 Å². The van der Waals surface area contributed by atoms with Gasteiger partial charge in [0.25, 0.3) is 0 Å². The number of rotatable bonds is 2. The number of ketones is 2. The first kappa shape index (κ1) is 11.5. The standard InChI is InChI=1S/C13H10N4O2/c1-8(18)11-12(16-17-6-14-15-7-17)9-4-2-3-5-10(9)13(11)19/h2-7,11H,1H3/b16-12-/t11-/m1/s1. The van der Waals surface area contributed by atoms with Gasteiger partial charge in [-0.25, -0.2) is 4.68 Å². The Morgan fingerprint density at radius 1 is 1.21 bits per heavy atom. The van der Waals surface area contributed by atoms with E-state index in [9.17, 15) is 9.59 Å². The lowest BCUT2D eigenvalue weighted by Crippen LogP contribution is -2.24. The van der Waals surface area contributed by atoms with Gasteiger partial charge >= 0.3 is 0 Å². The minimum absolute atomic E-state index is 0.199. The summed E-state index contributed by atoms with van der Waals surface area (Å²) in [5.41, 5.74) is 1.68. The summed E-state index contributed by atoms with van der Waals surface area (Å²) in [7, 11) is 0. The average Bonchev–Trinajstić information content (AvgIpc) is 2.98. The van der Waals surface area contributed by atoms with E-state index in [0.29, 0.717) is 16.8 Å². The van der Waals surface area contributed by atoms with Crippen LogP contribution in [0.5, 0.6) is 0 Å². The molecule has 0 saturated carbocycles. The van der Waals surface area contributed by atoms with Crippen molar-refractivity contribution in [1.82, 2.24) is 14.9 Å². The Morgan fingerprint density at radius 2 is 1.84 bits per heavy atom. The molecule has 0 amide bonds. The van der Waals surface area contributed by atoms with Crippen molar-refractivity contribution in [2.75, 3.05) is 0 Å². The normalized spacial score (nSPS) is 19.7. The van der Waals surface area contributed by atoms with Crippen LogP contribution in [-0.2, 0) is 4.79 Å². The lowest BCUT2D eigenvalue weighted by Gasteiger charge is -2.05. The summed E-state index contributed by atoms with van der Waals surface area (Å²) in [6, 6.07) is 7.09. The van der Waals surface area contributed by atoms with Crippen molar-refractivity contribution in [3.63, 3.8) is 0 Å². The highest BCUT2D eigenvalue weighted by atomic mass is 16.2. The van der Waals surface area contributed by atoms with Crippen molar-refractivity contribution in [3.8, 4) is 0 Å². The van der Waals surface area contributed by atoms with Gasteiger partial charge in [0.2, 0.25) is 0 Å². The maximum absolute atomic E-state index is 12.2. The van der Waals surface area contributed by atoms with Crippen molar-refractivity contribution in [2.45, 2.75) is 6.92 Å². The van der Waals surface area contributed by atoms with Gasteiger partial charge in [-0.2, -0.15) is 5.10 Å². The first-order chi connectivity index (χ1) is 9.18. The number of carbonyl (C=O) groups excluding carboxylic acids is 2. The van der Waals surface area contributed by atoms with Crippen molar-refractivity contribution in [2.24, 2.45) is 11.0 Å². The van der Waals surface area contributed by atoms with E-state index < -0.39 is 5.92 Å². The second kappa shape index (κ2) is 4.24. The number of nitrogens with zero attached hydrogens (tertiary/aromatic N) is 4.